The number of nitrogens with zero attached hydrogens (tertiary/aromatic N) is 1. The molecule has 2 N–H and O–H groups in total. The molecule has 0 radical (unpaired) electrons. The molecule has 0 aliphatic rings. The molecular weight excluding hydrogens is 214 g/mol. The maximum Gasteiger partial charge on any atom is 0.190 e. The maximum absolute atomic E-state index is 5.76. The van der Waals surface area contributed by atoms with E-state index in [9.17, 15) is 0 Å². The highest BCUT2D eigenvalue weighted by Crippen LogP contribution is 2.12. The summed E-state index contributed by atoms with van der Waals surface area (Å²) in [7, 11) is 3.57. The number of nitrogens with one attached hydrogen (secondary N) is 2. The van der Waals surface area contributed by atoms with Gasteiger partial charge in [-0.2, -0.15) is 0 Å². The van der Waals surface area contributed by atoms with Crippen molar-refractivity contribution in [2.75, 3.05) is 20.6 Å². The normalized spacial score (nSPS) is 13.1. The van der Waals surface area contributed by atoms with Gasteiger partial charge in [-0.15, -0.1) is 0 Å². The molecule has 0 saturated carbocycles. The van der Waals surface area contributed by atoms with Gasteiger partial charge in [-0.25, -0.2) is 0 Å². The fourth-order valence-corrected chi connectivity index (χ4v) is 1.41. The Labute approximate surface area is 103 Å². The molecule has 1 unspecified atom stereocenters. The highest BCUT2D eigenvalue weighted by atomic mass is 16.5. The number of hydrogen-bond acceptors (Lipinski definition) is 2. The number of guanidine groups is 1. The second-order valence-corrected chi connectivity index (χ2v) is 3.94. The Morgan fingerprint density at radius 2 is 2.00 bits per heavy atom. The molecule has 0 amide bonds. The minimum atomic E-state index is 0.0859. The molecule has 0 bridgehead atoms. The number of ether oxygens (including phenoxy) is 1. The fraction of sp³-hybridized carbons (Fsp3) is 0.462. The van der Waals surface area contributed by atoms with Crippen LogP contribution in [-0.2, 0) is 0 Å². The van der Waals surface area contributed by atoms with Gasteiger partial charge in [-0.05, 0) is 26.0 Å². The topological polar surface area (TPSA) is 45.7 Å². The summed E-state index contributed by atoms with van der Waals surface area (Å²) in [5.74, 6) is 1.66. The Morgan fingerprint density at radius 3 is 2.53 bits per heavy atom. The molecule has 4 nitrogen and oxygen atoms in total. The van der Waals surface area contributed by atoms with Crippen molar-refractivity contribution in [3.8, 4) is 5.75 Å². The summed E-state index contributed by atoms with van der Waals surface area (Å²) in [6, 6.07) is 8.06. The molecular formula is C13H21N3O. The Hall–Kier alpha value is -1.71. The summed E-state index contributed by atoms with van der Waals surface area (Å²) in [5, 5.41) is 6.13. The van der Waals surface area contributed by atoms with Gasteiger partial charge in [0.15, 0.2) is 5.96 Å². The average molecular weight is 235 g/mol. The van der Waals surface area contributed by atoms with Crippen LogP contribution in [0.2, 0.25) is 0 Å². The van der Waals surface area contributed by atoms with Crippen LogP contribution >= 0.6 is 0 Å². The lowest BCUT2D eigenvalue weighted by molar-refractivity contribution is 0.224. The number of rotatable bonds is 4. The highest BCUT2D eigenvalue weighted by molar-refractivity contribution is 5.79. The summed E-state index contributed by atoms with van der Waals surface area (Å²) >= 11 is 0. The predicted molar refractivity (Wildman–Crippen MR) is 71.7 cm³/mol. The van der Waals surface area contributed by atoms with Gasteiger partial charge in [-0.1, -0.05) is 17.7 Å². The number of aryl methyl sites for hydroxylation is 1. The van der Waals surface area contributed by atoms with E-state index >= 15 is 0 Å². The lowest BCUT2D eigenvalue weighted by Gasteiger charge is -2.16. The third-order valence-corrected chi connectivity index (χ3v) is 2.38. The first-order valence-corrected chi connectivity index (χ1v) is 5.77. The number of aliphatic imine (C=N–C) groups is 1. The lowest BCUT2D eigenvalue weighted by Crippen LogP contribution is -2.40. The summed E-state index contributed by atoms with van der Waals surface area (Å²) < 4.78 is 5.76. The van der Waals surface area contributed by atoms with Crippen molar-refractivity contribution in [2.24, 2.45) is 4.99 Å². The van der Waals surface area contributed by atoms with Gasteiger partial charge in [-0.3, -0.25) is 4.99 Å². The summed E-state index contributed by atoms with van der Waals surface area (Å²) in [6.07, 6.45) is 0.0859. The molecule has 0 aromatic heterocycles. The van der Waals surface area contributed by atoms with Crippen LogP contribution in [0.3, 0.4) is 0 Å². The van der Waals surface area contributed by atoms with E-state index in [0.29, 0.717) is 6.54 Å². The lowest BCUT2D eigenvalue weighted by atomic mass is 10.2. The molecule has 17 heavy (non-hydrogen) atoms. The van der Waals surface area contributed by atoms with Gasteiger partial charge in [0.05, 0.1) is 6.54 Å². The zero-order valence-electron chi connectivity index (χ0n) is 10.9. The van der Waals surface area contributed by atoms with E-state index in [1.54, 1.807) is 7.05 Å². The molecule has 0 saturated heterocycles. The Bertz CT molecular complexity index is 359. The van der Waals surface area contributed by atoms with E-state index in [2.05, 4.69) is 22.5 Å². The first kappa shape index (κ1) is 13.4. The van der Waals surface area contributed by atoms with Crippen molar-refractivity contribution < 1.29 is 4.74 Å². The van der Waals surface area contributed by atoms with Gasteiger partial charge in [0.25, 0.3) is 0 Å². The van der Waals surface area contributed by atoms with Crippen molar-refractivity contribution in [2.45, 2.75) is 20.0 Å². The summed E-state index contributed by atoms with van der Waals surface area (Å²) in [4.78, 5) is 4.04. The van der Waals surface area contributed by atoms with Crippen LogP contribution in [0.4, 0.5) is 0 Å². The van der Waals surface area contributed by atoms with Crippen LogP contribution in [0.25, 0.3) is 0 Å². The standard InChI is InChI=1S/C13H21N3O/c1-10-5-7-12(8-6-10)17-11(2)9-16-13(14-3)15-4/h5-8,11H,9H2,1-4H3,(H2,14,15,16). The molecule has 1 atom stereocenters. The SMILES string of the molecule is CN=C(NC)NCC(C)Oc1ccc(C)cc1. The van der Waals surface area contributed by atoms with Crippen LogP contribution in [0.1, 0.15) is 12.5 Å². The van der Waals surface area contributed by atoms with Crippen LogP contribution in [-0.4, -0.2) is 32.7 Å². The molecule has 0 aliphatic carbocycles. The zero-order chi connectivity index (χ0) is 12.7. The van der Waals surface area contributed by atoms with Crippen molar-refractivity contribution in [1.29, 1.82) is 0 Å². The van der Waals surface area contributed by atoms with Crippen molar-refractivity contribution >= 4 is 5.96 Å². The molecule has 1 aromatic rings. The maximum atomic E-state index is 5.76. The van der Waals surface area contributed by atoms with Crippen molar-refractivity contribution in [3.63, 3.8) is 0 Å². The zero-order valence-corrected chi connectivity index (χ0v) is 10.9. The molecule has 4 heteroatoms. The fourth-order valence-electron chi connectivity index (χ4n) is 1.41. The van der Waals surface area contributed by atoms with E-state index in [-0.39, 0.29) is 6.10 Å². The smallest absolute Gasteiger partial charge is 0.190 e. The van der Waals surface area contributed by atoms with Crippen LogP contribution < -0.4 is 15.4 Å². The van der Waals surface area contributed by atoms with E-state index in [0.717, 1.165) is 11.7 Å². The average Bonchev–Trinajstić information content (AvgIpc) is 2.33. The molecule has 1 aromatic carbocycles. The Kier molecular flexibility index (Phi) is 5.33. The van der Waals surface area contributed by atoms with E-state index in [1.165, 1.54) is 5.56 Å². The highest BCUT2D eigenvalue weighted by Gasteiger charge is 2.04. The third-order valence-electron chi connectivity index (χ3n) is 2.38. The van der Waals surface area contributed by atoms with Crippen LogP contribution in [0.5, 0.6) is 5.75 Å². The number of hydrogen-bond donors (Lipinski definition) is 2. The van der Waals surface area contributed by atoms with E-state index in [1.807, 2.05) is 38.2 Å². The van der Waals surface area contributed by atoms with Crippen molar-refractivity contribution in [1.82, 2.24) is 10.6 Å². The minimum Gasteiger partial charge on any atom is -0.489 e. The Balaban J connectivity index is 2.39. The van der Waals surface area contributed by atoms with Gasteiger partial charge in [0.2, 0.25) is 0 Å². The molecule has 0 heterocycles. The molecule has 94 valence electrons. The first-order chi connectivity index (χ1) is 8.15. The van der Waals surface area contributed by atoms with Gasteiger partial charge in [0.1, 0.15) is 11.9 Å². The Morgan fingerprint density at radius 1 is 1.35 bits per heavy atom. The van der Waals surface area contributed by atoms with Crippen LogP contribution in [0.15, 0.2) is 29.3 Å². The predicted octanol–water partition coefficient (Wildman–Crippen LogP) is 1.56. The monoisotopic (exact) mass is 235 g/mol. The quantitative estimate of drug-likeness (QED) is 0.615. The second kappa shape index (κ2) is 6.78. The summed E-state index contributed by atoms with van der Waals surface area (Å²) in [5.41, 5.74) is 1.23. The van der Waals surface area contributed by atoms with Gasteiger partial charge < -0.3 is 15.4 Å². The van der Waals surface area contributed by atoms with Gasteiger partial charge in [0, 0.05) is 14.1 Å². The first-order valence-electron chi connectivity index (χ1n) is 5.77. The second-order valence-electron chi connectivity index (χ2n) is 3.94. The molecule has 1 rings (SSSR count). The van der Waals surface area contributed by atoms with Crippen LogP contribution in [0, 0.1) is 6.92 Å². The molecule has 0 fully saturated rings. The van der Waals surface area contributed by atoms with E-state index in [4.69, 9.17) is 4.74 Å². The molecule has 0 spiro atoms. The minimum absolute atomic E-state index is 0.0859. The van der Waals surface area contributed by atoms with Gasteiger partial charge >= 0.3 is 0 Å². The summed E-state index contributed by atoms with van der Waals surface area (Å²) in [6.45, 7) is 4.79. The molecule has 0 aliphatic heterocycles. The third kappa shape index (κ3) is 4.76. The van der Waals surface area contributed by atoms with Crippen molar-refractivity contribution in [3.05, 3.63) is 29.8 Å². The number of benzene rings is 1. The van der Waals surface area contributed by atoms with E-state index < -0.39 is 0 Å². The largest absolute Gasteiger partial charge is 0.489 e.